The lowest BCUT2D eigenvalue weighted by Gasteiger charge is -2.19. The lowest BCUT2D eigenvalue weighted by molar-refractivity contribution is 0.598. The first-order valence-electron chi connectivity index (χ1n) is 6.22. The van der Waals surface area contributed by atoms with Gasteiger partial charge in [-0.15, -0.1) is 0 Å². The number of nitrogens with zero attached hydrogens (tertiary/aromatic N) is 1. The minimum Gasteiger partial charge on any atom is -0.306 e. The molecule has 1 N–H and O–H groups in total. The molecule has 4 heteroatoms. The van der Waals surface area contributed by atoms with Gasteiger partial charge < -0.3 is 5.32 Å². The number of pyridine rings is 1. The number of rotatable bonds is 4. The molecule has 2 nitrogen and oxygen atoms in total. The summed E-state index contributed by atoms with van der Waals surface area (Å²) in [6.45, 7) is 4.78. The second-order valence-electron chi connectivity index (χ2n) is 4.40. The van der Waals surface area contributed by atoms with E-state index in [2.05, 4.69) is 26.2 Å². The van der Waals surface area contributed by atoms with Crippen LogP contribution in [0.25, 0.3) is 0 Å². The summed E-state index contributed by atoms with van der Waals surface area (Å²) in [5.74, 6) is -0.250. The van der Waals surface area contributed by atoms with Gasteiger partial charge in [0.2, 0.25) is 0 Å². The average Bonchev–Trinajstić information content (AvgIpc) is 2.41. The maximum absolute atomic E-state index is 13.7. The summed E-state index contributed by atoms with van der Waals surface area (Å²) in [5.41, 5.74) is 2.91. The molecule has 100 valence electrons. The van der Waals surface area contributed by atoms with Crippen molar-refractivity contribution in [1.29, 1.82) is 0 Å². The molecule has 0 aliphatic carbocycles. The molecule has 1 aromatic carbocycles. The third kappa shape index (κ3) is 3.39. The Morgan fingerprint density at radius 3 is 2.58 bits per heavy atom. The van der Waals surface area contributed by atoms with Crippen LogP contribution in [-0.2, 0) is 0 Å². The smallest absolute Gasteiger partial charge is 0.137 e. The molecule has 19 heavy (non-hydrogen) atoms. The predicted octanol–water partition coefficient (Wildman–Crippen LogP) is 3.99. The SMILES string of the molecule is CCNC(c1ccc(C)nc1)c1ccc(Br)c(F)c1. The largest absolute Gasteiger partial charge is 0.306 e. The summed E-state index contributed by atoms with van der Waals surface area (Å²) in [5, 5.41) is 3.36. The lowest BCUT2D eigenvalue weighted by Crippen LogP contribution is -2.22. The first-order valence-corrected chi connectivity index (χ1v) is 7.02. The van der Waals surface area contributed by atoms with E-state index in [9.17, 15) is 4.39 Å². The summed E-state index contributed by atoms with van der Waals surface area (Å²) in [7, 11) is 0. The van der Waals surface area contributed by atoms with Crippen molar-refractivity contribution in [2.24, 2.45) is 0 Å². The summed E-state index contributed by atoms with van der Waals surface area (Å²) in [6, 6.07) is 9.15. The topological polar surface area (TPSA) is 24.9 Å². The van der Waals surface area contributed by atoms with Gasteiger partial charge in [0.1, 0.15) is 5.82 Å². The highest BCUT2D eigenvalue weighted by Crippen LogP contribution is 2.25. The second kappa shape index (κ2) is 6.26. The number of aromatic nitrogens is 1. The summed E-state index contributed by atoms with van der Waals surface area (Å²) < 4.78 is 14.1. The van der Waals surface area contributed by atoms with Crippen LogP contribution in [0.5, 0.6) is 0 Å². The van der Waals surface area contributed by atoms with Crippen molar-refractivity contribution in [3.63, 3.8) is 0 Å². The summed E-state index contributed by atoms with van der Waals surface area (Å²) >= 11 is 3.18. The van der Waals surface area contributed by atoms with Crippen LogP contribution >= 0.6 is 15.9 Å². The maximum Gasteiger partial charge on any atom is 0.137 e. The highest BCUT2D eigenvalue weighted by molar-refractivity contribution is 9.10. The molecule has 2 aromatic rings. The molecule has 0 amide bonds. The fourth-order valence-electron chi connectivity index (χ4n) is 1.97. The van der Waals surface area contributed by atoms with Gasteiger partial charge in [-0.25, -0.2) is 4.39 Å². The van der Waals surface area contributed by atoms with Crippen LogP contribution in [0.3, 0.4) is 0 Å². The van der Waals surface area contributed by atoms with Crippen molar-refractivity contribution in [2.45, 2.75) is 19.9 Å². The van der Waals surface area contributed by atoms with Gasteiger partial charge in [-0.05, 0) is 58.7 Å². The van der Waals surface area contributed by atoms with E-state index in [0.29, 0.717) is 4.47 Å². The van der Waals surface area contributed by atoms with Crippen LogP contribution in [0.4, 0.5) is 4.39 Å². The van der Waals surface area contributed by atoms with Crippen molar-refractivity contribution in [2.75, 3.05) is 6.54 Å². The van der Waals surface area contributed by atoms with Gasteiger partial charge in [0.05, 0.1) is 10.5 Å². The van der Waals surface area contributed by atoms with Gasteiger partial charge in [0, 0.05) is 11.9 Å². The van der Waals surface area contributed by atoms with Gasteiger partial charge in [0.25, 0.3) is 0 Å². The molecule has 0 saturated heterocycles. The van der Waals surface area contributed by atoms with Gasteiger partial charge in [-0.3, -0.25) is 4.98 Å². The van der Waals surface area contributed by atoms with Crippen LogP contribution in [0.15, 0.2) is 41.0 Å². The Labute approximate surface area is 121 Å². The third-order valence-electron chi connectivity index (χ3n) is 2.95. The second-order valence-corrected chi connectivity index (χ2v) is 5.25. The number of hydrogen-bond acceptors (Lipinski definition) is 2. The zero-order valence-electron chi connectivity index (χ0n) is 11.0. The molecule has 0 fully saturated rings. The number of halogens is 2. The van der Waals surface area contributed by atoms with E-state index in [1.807, 2.05) is 38.2 Å². The predicted molar refractivity (Wildman–Crippen MR) is 78.6 cm³/mol. The van der Waals surface area contributed by atoms with E-state index in [4.69, 9.17) is 0 Å². The standard InChI is InChI=1S/C15H16BrFN2/c1-3-18-15(12-5-4-10(2)19-9-12)11-6-7-13(16)14(17)8-11/h4-9,15,18H,3H2,1-2H3. The number of aryl methyl sites for hydroxylation is 1. The lowest BCUT2D eigenvalue weighted by atomic mass is 10.00. The van der Waals surface area contributed by atoms with Crippen LogP contribution in [0, 0.1) is 12.7 Å². The Hall–Kier alpha value is -1.26. The molecular formula is C15H16BrFN2. The molecule has 0 saturated carbocycles. The van der Waals surface area contributed by atoms with Gasteiger partial charge >= 0.3 is 0 Å². The first kappa shape index (κ1) is 14.2. The molecule has 0 radical (unpaired) electrons. The molecule has 0 aliphatic heterocycles. The zero-order chi connectivity index (χ0) is 13.8. The summed E-state index contributed by atoms with van der Waals surface area (Å²) in [6.07, 6.45) is 1.84. The van der Waals surface area contributed by atoms with E-state index < -0.39 is 0 Å². The van der Waals surface area contributed by atoms with E-state index in [1.54, 1.807) is 12.1 Å². The minimum atomic E-state index is -0.250. The van der Waals surface area contributed by atoms with Crippen LogP contribution in [0.2, 0.25) is 0 Å². The Morgan fingerprint density at radius 1 is 1.26 bits per heavy atom. The van der Waals surface area contributed by atoms with Crippen molar-refractivity contribution < 1.29 is 4.39 Å². The van der Waals surface area contributed by atoms with Gasteiger partial charge in [0.15, 0.2) is 0 Å². The minimum absolute atomic E-state index is 0.0410. The third-order valence-corrected chi connectivity index (χ3v) is 3.60. The molecule has 1 aromatic heterocycles. The molecule has 1 atom stereocenters. The number of benzene rings is 1. The Kier molecular flexibility index (Phi) is 4.66. The van der Waals surface area contributed by atoms with E-state index in [0.717, 1.165) is 23.4 Å². The average molecular weight is 323 g/mol. The quantitative estimate of drug-likeness (QED) is 0.920. The highest BCUT2D eigenvalue weighted by Gasteiger charge is 2.14. The van der Waals surface area contributed by atoms with Gasteiger partial charge in [-0.1, -0.05) is 19.1 Å². The van der Waals surface area contributed by atoms with E-state index >= 15 is 0 Å². The Balaban J connectivity index is 2.38. The van der Waals surface area contributed by atoms with Crippen LogP contribution < -0.4 is 5.32 Å². The fraction of sp³-hybridized carbons (Fsp3) is 0.267. The molecule has 0 aliphatic rings. The van der Waals surface area contributed by atoms with Crippen molar-refractivity contribution >= 4 is 15.9 Å². The normalized spacial score (nSPS) is 12.4. The highest BCUT2D eigenvalue weighted by atomic mass is 79.9. The van der Waals surface area contributed by atoms with Crippen LogP contribution in [-0.4, -0.2) is 11.5 Å². The number of nitrogens with one attached hydrogen (secondary N) is 1. The van der Waals surface area contributed by atoms with Crippen LogP contribution in [0.1, 0.15) is 29.8 Å². The molecular weight excluding hydrogens is 307 g/mol. The van der Waals surface area contributed by atoms with Crippen molar-refractivity contribution in [3.8, 4) is 0 Å². The number of hydrogen-bond donors (Lipinski definition) is 1. The van der Waals surface area contributed by atoms with Gasteiger partial charge in [-0.2, -0.15) is 0 Å². The Bertz CT molecular complexity index is 555. The Morgan fingerprint density at radius 2 is 2.00 bits per heavy atom. The van der Waals surface area contributed by atoms with E-state index in [1.165, 1.54) is 0 Å². The van der Waals surface area contributed by atoms with Crippen molar-refractivity contribution in [1.82, 2.24) is 10.3 Å². The molecule has 0 bridgehead atoms. The van der Waals surface area contributed by atoms with E-state index in [-0.39, 0.29) is 11.9 Å². The summed E-state index contributed by atoms with van der Waals surface area (Å²) in [4.78, 5) is 4.30. The monoisotopic (exact) mass is 322 g/mol. The molecule has 2 rings (SSSR count). The maximum atomic E-state index is 13.7. The van der Waals surface area contributed by atoms with Crippen molar-refractivity contribution in [3.05, 3.63) is 63.6 Å². The first-order chi connectivity index (χ1) is 9.11. The molecule has 0 spiro atoms. The fourth-order valence-corrected chi connectivity index (χ4v) is 2.22. The molecule has 1 heterocycles. The zero-order valence-corrected chi connectivity index (χ0v) is 12.5. The molecule has 1 unspecified atom stereocenters.